The summed E-state index contributed by atoms with van der Waals surface area (Å²) in [5.74, 6) is 1.84. The number of aromatic nitrogens is 2. The second kappa shape index (κ2) is 10.3. The fourth-order valence-corrected chi connectivity index (χ4v) is 5.03. The van der Waals surface area contributed by atoms with E-state index in [9.17, 15) is 4.79 Å². The number of amides is 1. The van der Waals surface area contributed by atoms with Gasteiger partial charge in [-0.15, -0.1) is 10.2 Å². The molecular weight excluding hydrogens is 424 g/mol. The normalized spacial score (nSPS) is 20.2. The molecule has 10 heteroatoms. The lowest BCUT2D eigenvalue weighted by molar-refractivity contribution is -0.129. The Hall–Kier alpha value is -2.04. The van der Waals surface area contributed by atoms with E-state index in [2.05, 4.69) is 15.5 Å². The molecule has 1 N–H and O–H groups in total. The molecule has 1 aromatic heterocycles. The summed E-state index contributed by atoms with van der Waals surface area (Å²) in [6, 6.07) is 7.60. The smallest absolute Gasteiger partial charge is 0.233 e. The van der Waals surface area contributed by atoms with Gasteiger partial charge in [0.25, 0.3) is 0 Å². The Labute approximate surface area is 184 Å². The van der Waals surface area contributed by atoms with Crippen LogP contribution in [0.2, 0.25) is 0 Å². The third-order valence-electron chi connectivity index (χ3n) is 4.96. The molecule has 1 aromatic carbocycles. The van der Waals surface area contributed by atoms with Crippen molar-refractivity contribution < 1.29 is 19.0 Å². The average molecular weight is 451 g/mol. The topological polar surface area (TPSA) is 85.8 Å². The molecule has 0 saturated carbocycles. The number of ether oxygens (including phenoxy) is 3. The van der Waals surface area contributed by atoms with Gasteiger partial charge in [-0.05, 0) is 31.9 Å². The summed E-state index contributed by atoms with van der Waals surface area (Å²) in [5.41, 5.74) is 0. The highest BCUT2D eigenvalue weighted by Crippen LogP contribution is 2.31. The number of carbonyl (C=O) groups is 1. The van der Waals surface area contributed by atoms with Crippen LogP contribution in [0, 0.1) is 0 Å². The van der Waals surface area contributed by atoms with Crippen molar-refractivity contribution in [3.8, 4) is 11.5 Å². The lowest BCUT2D eigenvalue weighted by Crippen LogP contribution is -2.44. The van der Waals surface area contributed by atoms with Crippen molar-refractivity contribution in [2.24, 2.45) is 0 Å². The maximum absolute atomic E-state index is 12.7. The number of rotatable bonds is 9. The molecule has 0 aliphatic carbocycles. The first kappa shape index (κ1) is 21.2. The van der Waals surface area contributed by atoms with Crippen molar-refractivity contribution in [2.45, 2.75) is 36.3 Å². The average Bonchev–Trinajstić information content (AvgIpc) is 3.46. The van der Waals surface area contributed by atoms with Crippen LogP contribution >= 0.6 is 23.1 Å². The number of nitrogens with zero attached hydrogens (tertiary/aromatic N) is 3. The molecule has 30 heavy (non-hydrogen) atoms. The number of fused-ring (bicyclic) bond motifs is 1. The van der Waals surface area contributed by atoms with Gasteiger partial charge in [0.05, 0.1) is 18.4 Å². The molecule has 2 aliphatic heterocycles. The summed E-state index contributed by atoms with van der Waals surface area (Å²) in [4.78, 5) is 14.5. The van der Waals surface area contributed by atoms with E-state index in [1.807, 2.05) is 31.2 Å². The highest BCUT2D eigenvalue weighted by atomic mass is 32.2. The predicted molar refractivity (Wildman–Crippen MR) is 117 cm³/mol. The third-order valence-corrected chi connectivity index (χ3v) is 6.96. The maximum atomic E-state index is 12.7. The molecule has 0 radical (unpaired) electrons. The van der Waals surface area contributed by atoms with Gasteiger partial charge in [0.15, 0.2) is 21.9 Å². The predicted octanol–water partition coefficient (Wildman–Crippen LogP) is 2.91. The molecule has 0 spiro atoms. The number of hydrogen-bond acceptors (Lipinski definition) is 9. The molecule has 3 heterocycles. The molecule has 1 saturated heterocycles. The Morgan fingerprint density at radius 1 is 1.30 bits per heavy atom. The summed E-state index contributed by atoms with van der Waals surface area (Å²) in [5, 5.41) is 12.4. The Bertz CT molecular complexity index is 844. The number of likely N-dealkylation sites (N-methyl/N-ethyl adjacent to an activating group) is 1. The maximum Gasteiger partial charge on any atom is 0.233 e. The molecular formula is C20H26N4O4S2. The van der Waals surface area contributed by atoms with Crippen molar-refractivity contribution >= 4 is 34.1 Å². The minimum atomic E-state index is -0.177. The van der Waals surface area contributed by atoms with Gasteiger partial charge < -0.3 is 24.4 Å². The first-order chi connectivity index (χ1) is 14.7. The largest absolute Gasteiger partial charge is 0.486 e. The Morgan fingerprint density at radius 3 is 2.97 bits per heavy atom. The number of nitrogens with one attached hydrogen (secondary N) is 1. The number of hydrogen-bond donors (Lipinski definition) is 1. The fourth-order valence-electron chi connectivity index (χ4n) is 3.37. The molecule has 2 atom stereocenters. The van der Waals surface area contributed by atoms with Crippen LogP contribution in [0.5, 0.6) is 11.5 Å². The van der Waals surface area contributed by atoms with Gasteiger partial charge >= 0.3 is 0 Å². The van der Waals surface area contributed by atoms with E-state index >= 15 is 0 Å². The lowest BCUT2D eigenvalue weighted by atomic mass is 10.2. The SMILES string of the molecule is CCN(CC1COc2ccccc2O1)C(=O)CSc1nnc(NCC2CCCO2)s1. The van der Waals surface area contributed by atoms with Crippen LogP contribution in [0.25, 0.3) is 0 Å². The molecule has 2 aromatic rings. The van der Waals surface area contributed by atoms with Crippen molar-refractivity contribution in [1.29, 1.82) is 0 Å². The number of benzene rings is 1. The molecule has 1 fully saturated rings. The highest BCUT2D eigenvalue weighted by Gasteiger charge is 2.25. The number of thioether (sulfide) groups is 1. The van der Waals surface area contributed by atoms with E-state index < -0.39 is 0 Å². The molecule has 8 nitrogen and oxygen atoms in total. The first-order valence-electron chi connectivity index (χ1n) is 10.2. The van der Waals surface area contributed by atoms with Gasteiger partial charge in [-0.1, -0.05) is 35.2 Å². The highest BCUT2D eigenvalue weighted by molar-refractivity contribution is 8.01. The van der Waals surface area contributed by atoms with E-state index in [0.29, 0.717) is 25.4 Å². The van der Waals surface area contributed by atoms with Crippen molar-refractivity contribution in [1.82, 2.24) is 15.1 Å². The summed E-state index contributed by atoms with van der Waals surface area (Å²) < 4.78 is 18.1. The Morgan fingerprint density at radius 2 is 2.17 bits per heavy atom. The zero-order valence-corrected chi connectivity index (χ0v) is 18.5. The summed E-state index contributed by atoms with van der Waals surface area (Å²) in [7, 11) is 0. The molecule has 162 valence electrons. The first-order valence-corrected chi connectivity index (χ1v) is 12.0. The summed E-state index contributed by atoms with van der Waals surface area (Å²) >= 11 is 2.88. The van der Waals surface area contributed by atoms with Crippen LogP contribution in [0.1, 0.15) is 19.8 Å². The number of para-hydroxylation sites is 2. The minimum Gasteiger partial charge on any atom is -0.486 e. The summed E-state index contributed by atoms with van der Waals surface area (Å²) in [6.07, 6.45) is 2.27. The van der Waals surface area contributed by atoms with Crippen LogP contribution in [-0.4, -0.2) is 71.8 Å². The van der Waals surface area contributed by atoms with E-state index in [4.69, 9.17) is 14.2 Å². The van der Waals surface area contributed by atoms with Gasteiger partial charge in [0, 0.05) is 19.7 Å². The number of anilines is 1. The van der Waals surface area contributed by atoms with Crippen LogP contribution in [0.3, 0.4) is 0 Å². The van der Waals surface area contributed by atoms with Crippen molar-refractivity contribution in [2.75, 3.05) is 43.9 Å². The molecule has 2 aliphatic rings. The lowest BCUT2D eigenvalue weighted by Gasteiger charge is -2.30. The van der Waals surface area contributed by atoms with E-state index in [1.165, 1.54) is 23.1 Å². The molecule has 0 bridgehead atoms. The standard InChI is InChI=1S/C20H26N4O4S2/c1-2-24(11-15-12-27-16-7-3-4-8-17(16)28-15)18(25)13-29-20-23-22-19(30-20)21-10-14-6-5-9-26-14/h3-4,7-8,14-15H,2,5-6,9-13H2,1H3,(H,21,22). The van der Waals surface area contributed by atoms with Crippen LogP contribution in [0.4, 0.5) is 5.13 Å². The zero-order chi connectivity index (χ0) is 20.8. The minimum absolute atomic E-state index is 0.0500. The summed E-state index contributed by atoms with van der Waals surface area (Å²) in [6.45, 7) is 5.10. The van der Waals surface area contributed by atoms with E-state index in [0.717, 1.165) is 47.0 Å². The second-order valence-corrected chi connectivity index (χ2v) is 9.31. The zero-order valence-electron chi connectivity index (χ0n) is 16.9. The molecule has 2 unspecified atom stereocenters. The van der Waals surface area contributed by atoms with Gasteiger partial charge in [-0.3, -0.25) is 4.79 Å². The monoisotopic (exact) mass is 450 g/mol. The quantitative estimate of drug-likeness (QED) is 0.584. The van der Waals surface area contributed by atoms with Crippen molar-refractivity contribution in [3.63, 3.8) is 0 Å². The second-order valence-electron chi connectivity index (χ2n) is 7.11. The van der Waals surface area contributed by atoms with Gasteiger partial charge in [-0.25, -0.2) is 0 Å². The number of carbonyl (C=O) groups excluding carboxylic acids is 1. The van der Waals surface area contributed by atoms with E-state index in [-0.39, 0.29) is 18.1 Å². The fraction of sp³-hybridized carbons (Fsp3) is 0.550. The third kappa shape index (κ3) is 5.55. The van der Waals surface area contributed by atoms with Crippen LogP contribution in [0.15, 0.2) is 28.6 Å². The van der Waals surface area contributed by atoms with E-state index in [1.54, 1.807) is 4.90 Å². The Kier molecular flexibility index (Phi) is 7.29. The van der Waals surface area contributed by atoms with Gasteiger partial charge in [-0.2, -0.15) is 0 Å². The van der Waals surface area contributed by atoms with Crippen LogP contribution < -0.4 is 14.8 Å². The van der Waals surface area contributed by atoms with Crippen LogP contribution in [-0.2, 0) is 9.53 Å². The molecule has 4 rings (SSSR count). The van der Waals surface area contributed by atoms with Crippen molar-refractivity contribution in [3.05, 3.63) is 24.3 Å². The molecule has 1 amide bonds. The van der Waals surface area contributed by atoms with Gasteiger partial charge in [0.2, 0.25) is 11.0 Å². The van der Waals surface area contributed by atoms with Gasteiger partial charge in [0.1, 0.15) is 6.61 Å². The Balaban J connectivity index is 1.23.